The molecule has 2 rings (SSSR count). The van der Waals surface area contributed by atoms with Crippen molar-refractivity contribution in [2.24, 2.45) is 7.05 Å². The van der Waals surface area contributed by atoms with Crippen molar-refractivity contribution in [1.29, 1.82) is 0 Å². The molecule has 0 spiro atoms. The summed E-state index contributed by atoms with van der Waals surface area (Å²) in [6.45, 7) is 1.74. The van der Waals surface area contributed by atoms with E-state index in [0.717, 1.165) is 11.1 Å². The number of nitrogens with zero attached hydrogens (tertiary/aromatic N) is 3. The van der Waals surface area contributed by atoms with Gasteiger partial charge in [0.1, 0.15) is 5.60 Å². The molecule has 2 heterocycles. The van der Waals surface area contributed by atoms with E-state index >= 15 is 0 Å². The highest BCUT2D eigenvalue weighted by Gasteiger charge is 2.26. The average molecular weight is 203 g/mol. The summed E-state index contributed by atoms with van der Waals surface area (Å²) in [5.41, 5.74) is 0.485. The molecule has 0 aliphatic heterocycles. The molecule has 1 unspecified atom stereocenters. The molecule has 0 saturated heterocycles. The molecule has 0 aliphatic carbocycles. The Morgan fingerprint density at radius 3 is 2.67 bits per heavy atom. The summed E-state index contributed by atoms with van der Waals surface area (Å²) in [4.78, 5) is 4.00. The Kier molecular flexibility index (Phi) is 2.28. The molecule has 15 heavy (non-hydrogen) atoms. The Hall–Kier alpha value is -1.68. The van der Waals surface area contributed by atoms with E-state index in [1.165, 1.54) is 0 Å². The molecule has 0 aliphatic rings. The Balaban J connectivity index is 2.43. The van der Waals surface area contributed by atoms with Gasteiger partial charge in [-0.05, 0) is 13.0 Å². The van der Waals surface area contributed by atoms with Gasteiger partial charge in [-0.25, -0.2) is 0 Å². The zero-order valence-electron chi connectivity index (χ0n) is 8.75. The lowest BCUT2D eigenvalue weighted by molar-refractivity contribution is 0.102. The Morgan fingerprint density at radius 1 is 1.33 bits per heavy atom. The number of aryl methyl sites for hydroxylation is 1. The maximum Gasteiger partial charge on any atom is 0.116 e. The second-order valence-electron chi connectivity index (χ2n) is 3.72. The highest BCUT2D eigenvalue weighted by Crippen LogP contribution is 2.27. The third-order valence-electron chi connectivity index (χ3n) is 2.49. The molecular weight excluding hydrogens is 190 g/mol. The Labute approximate surface area is 88.2 Å². The number of aromatic nitrogens is 3. The van der Waals surface area contributed by atoms with Crippen LogP contribution in [0.3, 0.4) is 0 Å². The van der Waals surface area contributed by atoms with Crippen molar-refractivity contribution in [2.45, 2.75) is 12.5 Å². The molecule has 0 radical (unpaired) electrons. The van der Waals surface area contributed by atoms with E-state index < -0.39 is 5.60 Å². The molecule has 4 heteroatoms. The smallest absolute Gasteiger partial charge is 0.116 e. The topological polar surface area (TPSA) is 50.9 Å². The first-order valence-corrected chi connectivity index (χ1v) is 4.72. The first-order valence-electron chi connectivity index (χ1n) is 4.72. The zero-order chi connectivity index (χ0) is 10.9. The molecule has 2 aromatic rings. The van der Waals surface area contributed by atoms with Gasteiger partial charge < -0.3 is 5.11 Å². The number of pyridine rings is 1. The second-order valence-corrected chi connectivity index (χ2v) is 3.72. The lowest BCUT2D eigenvalue weighted by Crippen LogP contribution is -2.22. The summed E-state index contributed by atoms with van der Waals surface area (Å²) in [5, 5.41) is 14.4. The average Bonchev–Trinajstić information content (AvgIpc) is 2.67. The maximum atomic E-state index is 10.4. The standard InChI is InChI=1S/C11H13N3O/c1-11(15,9-4-3-5-12-6-9)10-7-13-14(2)8-10/h3-8,15H,1-2H3. The van der Waals surface area contributed by atoms with E-state index in [2.05, 4.69) is 10.1 Å². The van der Waals surface area contributed by atoms with Crippen molar-refractivity contribution in [3.05, 3.63) is 48.0 Å². The van der Waals surface area contributed by atoms with Crippen LogP contribution in [0.2, 0.25) is 0 Å². The normalized spacial score (nSPS) is 14.9. The predicted octanol–water partition coefficient (Wildman–Crippen LogP) is 1.07. The molecule has 0 fully saturated rings. The third-order valence-corrected chi connectivity index (χ3v) is 2.49. The largest absolute Gasteiger partial charge is 0.381 e. The fraction of sp³-hybridized carbons (Fsp3) is 0.273. The molecule has 1 N–H and O–H groups in total. The van der Waals surface area contributed by atoms with E-state index in [-0.39, 0.29) is 0 Å². The van der Waals surface area contributed by atoms with E-state index in [9.17, 15) is 5.11 Å². The van der Waals surface area contributed by atoms with Gasteiger partial charge in [0, 0.05) is 36.8 Å². The van der Waals surface area contributed by atoms with E-state index in [0.29, 0.717) is 0 Å². The summed E-state index contributed by atoms with van der Waals surface area (Å²) >= 11 is 0. The highest BCUT2D eigenvalue weighted by atomic mass is 16.3. The fourth-order valence-electron chi connectivity index (χ4n) is 1.49. The van der Waals surface area contributed by atoms with Gasteiger partial charge in [-0.1, -0.05) is 6.07 Å². The van der Waals surface area contributed by atoms with Crippen molar-refractivity contribution >= 4 is 0 Å². The van der Waals surface area contributed by atoms with Crippen LogP contribution in [0.25, 0.3) is 0 Å². The minimum Gasteiger partial charge on any atom is -0.381 e. The van der Waals surface area contributed by atoms with Gasteiger partial charge in [0.2, 0.25) is 0 Å². The van der Waals surface area contributed by atoms with Crippen LogP contribution >= 0.6 is 0 Å². The van der Waals surface area contributed by atoms with Crippen LogP contribution in [0.1, 0.15) is 18.1 Å². The van der Waals surface area contributed by atoms with Crippen molar-refractivity contribution in [2.75, 3.05) is 0 Å². The van der Waals surface area contributed by atoms with Gasteiger partial charge in [0.15, 0.2) is 0 Å². The van der Waals surface area contributed by atoms with Crippen LogP contribution in [-0.2, 0) is 12.6 Å². The molecule has 4 nitrogen and oxygen atoms in total. The van der Waals surface area contributed by atoms with Gasteiger partial charge in [-0.3, -0.25) is 9.67 Å². The van der Waals surface area contributed by atoms with Crippen molar-refractivity contribution in [3.8, 4) is 0 Å². The van der Waals surface area contributed by atoms with E-state index in [1.54, 1.807) is 42.5 Å². The van der Waals surface area contributed by atoms with Gasteiger partial charge >= 0.3 is 0 Å². The third kappa shape index (κ3) is 1.76. The summed E-state index contributed by atoms with van der Waals surface area (Å²) in [7, 11) is 1.82. The van der Waals surface area contributed by atoms with Gasteiger partial charge in [0.25, 0.3) is 0 Å². The molecule has 0 aromatic carbocycles. The summed E-state index contributed by atoms with van der Waals surface area (Å²) in [5.74, 6) is 0. The molecular formula is C11H13N3O. The first-order chi connectivity index (χ1) is 7.10. The highest BCUT2D eigenvalue weighted by molar-refractivity contribution is 5.30. The molecule has 0 bridgehead atoms. The van der Waals surface area contributed by atoms with Gasteiger partial charge in [-0.2, -0.15) is 5.10 Å². The minimum atomic E-state index is -1.04. The van der Waals surface area contributed by atoms with Crippen LogP contribution in [0.15, 0.2) is 36.9 Å². The van der Waals surface area contributed by atoms with Crippen LogP contribution in [0.4, 0.5) is 0 Å². The van der Waals surface area contributed by atoms with Crippen LogP contribution in [0, 0.1) is 0 Å². The second kappa shape index (κ2) is 3.47. The lowest BCUT2D eigenvalue weighted by atomic mass is 9.92. The molecule has 0 amide bonds. The SMILES string of the molecule is Cn1cc(C(C)(O)c2cccnc2)cn1. The van der Waals surface area contributed by atoms with Crippen LogP contribution in [-0.4, -0.2) is 19.9 Å². The Bertz CT molecular complexity index is 448. The van der Waals surface area contributed by atoms with Gasteiger partial charge in [0.05, 0.1) is 6.20 Å². The zero-order valence-corrected chi connectivity index (χ0v) is 8.75. The quantitative estimate of drug-likeness (QED) is 0.794. The summed E-state index contributed by atoms with van der Waals surface area (Å²) in [6.07, 6.45) is 6.80. The number of aliphatic hydroxyl groups is 1. The molecule has 1 atom stereocenters. The summed E-state index contributed by atoms with van der Waals surface area (Å²) < 4.78 is 1.67. The fourth-order valence-corrected chi connectivity index (χ4v) is 1.49. The van der Waals surface area contributed by atoms with Crippen molar-refractivity contribution in [1.82, 2.24) is 14.8 Å². The van der Waals surface area contributed by atoms with Crippen LogP contribution in [0.5, 0.6) is 0 Å². The molecule has 2 aromatic heterocycles. The molecule has 78 valence electrons. The maximum absolute atomic E-state index is 10.4. The van der Waals surface area contributed by atoms with Gasteiger partial charge in [-0.15, -0.1) is 0 Å². The monoisotopic (exact) mass is 203 g/mol. The minimum absolute atomic E-state index is 0.762. The molecule has 0 saturated carbocycles. The Morgan fingerprint density at radius 2 is 2.13 bits per heavy atom. The van der Waals surface area contributed by atoms with Crippen molar-refractivity contribution in [3.63, 3.8) is 0 Å². The predicted molar refractivity (Wildman–Crippen MR) is 56.1 cm³/mol. The van der Waals surface area contributed by atoms with Crippen molar-refractivity contribution < 1.29 is 5.11 Å². The lowest BCUT2D eigenvalue weighted by Gasteiger charge is -2.21. The number of hydrogen-bond donors (Lipinski definition) is 1. The van der Waals surface area contributed by atoms with Crippen LogP contribution < -0.4 is 0 Å². The number of hydrogen-bond acceptors (Lipinski definition) is 3. The summed E-state index contributed by atoms with van der Waals surface area (Å²) in [6, 6.07) is 3.65. The van der Waals surface area contributed by atoms with E-state index in [4.69, 9.17) is 0 Å². The number of rotatable bonds is 2. The van der Waals surface area contributed by atoms with E-state index in [1.807, 2.05) is 13.1 Å². The first kappa shape index (κ1) is 9.86.